The highest BCUT2D eigenvalue weighted by Crippen LogP contribution is 2.74. The Balaban J connectivity index is 1.88. The van der Waals surface area contributed by atoms with Crippen LogP contribution in [0, 0.1) is 29.1 Å². The summed E-state index contributed by atoms with van der Waals surface area (Å²) in [5, 5.41) is 0. The van der Waals surface area contributed by atoms with Gasteiger partial charge in [-0.2, -0.15) is 0 Å². The second-order valence-electron chi connectivity index (χ2n) is 5.87. The van der Waals surface area contributed by atoms with Crippen molar-refractivity contribution in [3.05, 3.63) is 0 Å². The lowest BCUT2D eigenvalue weighted by molar-refractivity contribution is 0.103. The lowest BCUT2D eigenvalue weighted by atomic mass is 9.65. The third kappa shape index (κ3) is 0.482. The van der Waals surface area contributed by atoms with E-state index in [4.69, 9.17) is 0 Å². The van der Waals surface area contributed by atoms with E-state index in [2.05, 4.69) is 0 Å². The standard InChI is InChI=1S/C12H18/c1-2-8-6-11-9-3-5-12(11,4-1)10(8)7-9/h8-11H,1-7H2. The Morgan fingerprint density at radius 3 is 2.33 bits per heavy atom. The molecule has 0 aliphatic heterocycles. The van der Waals surface area contributed by atoms with Gasteiger partial charge in [-0.15, -0.1) is 0 Å². The molecule has 0 nitrogen and oxygen atoms in total. The van der Waals surface area contributed by atoms with Gasteiger partial charge < -0.3 is 0 Å². The minimum atomic E-state index is 0.938. The Morgan fingerprint density at radius 1 is 0.833 bits per heavy atom. The predicted molar refractivity (Wildman–Crippen MR) is 48.7 cm³/mol. The van der Waals surface area contributed by atoms with E-state index in [9.17, 15) is 0 Å². The van der Waals surface area contributed by atoms with Gasteiger partial charge in [-0.3, -0.25) is 0 Å². The molecule has 12 heavy (non-hydrogen) atoms. The van der Waals surface area contributed by atoms with Crippen molar-refractivity contribution in [2.24, 2.45) is 29.1 Å². The molecule has 0 radical (unpaired) electrons. The molecular formula is C12H18. The van der Waals surface area contributed by atoms with Crippen LogP contribution in [0.15, 0.2) is 0 Å². The van der Waals surface area contributed by atoms with Gasteiger partial charge in [0.15, 0.2) is 0 Å². The maximum Gasteiger partial charge on any atom is -0.0235 e. The van der Waals surface area contributed by atoms with E-state index < -0.39 is 0 Å². The highest BCUT2D eigenvalue weighted by Gasteiger charge is 2.66. The second-order valence-corrected chi connectivity index (χ2v) is 5.87. The summed E-state index contributed by atoms with van der Waals surface area (Å²) in [4.78, 5) is 0. The average molecular weight is 162 g/mol. The molecule has 0 heteroatoms. The van der Waals surface area contributed by atoms with Crippen molar-refractivity contribution >= 4 is 0 Å². The smallest absolute Gasteiger partial charge is 0.0235 e. The van der Waals surface area contributed by atoms with Crippen molar-refractivity contribution in [2.75, 3.05) is 0 Å². The van der Waals surface area contributed by atoms with E-state index in [0.29, 0.717) is 0 Å². The summed E-state index contributed by atoms with van der Waals surface area (Å²) in [6.45, 7) is 0. The van der Waals surface area contributed by atoms with Crippen LogP contribution in [-0.4, -0.2) is 0 Å². The number of rotatable bonds is 0. The fourth-order valence-electron chi connectivity index (χ4n) is 5.70. The average Bonchev–Trinajstić information content (AvgIpc) is 2.65. The summed E-state index contributed by atoms with van der Waals surface area (Å²) in [6.07, 6.45) is 11.3. The van der Waals surface area contributed by atoms with Gasteiger partial charge >= 0.3 is 0 Å². The van der Waals surface area contributed by atoms with Crippen LogP contribution >= 0.6 is 0 Å². The first-order valence-corrected chi connectivity index (χ1v) is 5.90. The van der Waals surface area contributed by atoms with Gasteiger partial charge in [0.25, 0.3) is 0 Å². The molecule has 0 N–H and O–H groups in total. The summed E-state index contributed by atoms with van der Waals surface area (Å²) < 4.78 is 0. The highest BCUT2D eigenvalue weighted by atomic mass is 14.7. The van der Waals surface area contributed by atoms with Crippen molar-refractivity contribution in [1.29, 1.82) is 0 Å². The molecule has 0 saturated heterocycles. The zero-order chi connectivity index (χ0) is 7.76. The van der Waals surface area contributed by atoms with E-state index in [1.807, 2.05) is 0 Å². The Morgan fingerprint density at radius 2 is 1.58 bits per heavy atom. The molecule has 5 atom stereocenters. The molecule has 5 bridgehead atoms. The molecule has 4 aliphatic carbocycles. The topological polar surface area (TPSA) is 0 Å². The van der Waals surface area contributed by atoms with Gasteiger partial charge in [0, 0.05) is 0 Å². The minimum Gasteiger partial charge on any atom is -0.0525 e. The van der Waals surface area contributed by atoms with Gasteiger partial charge in [0.05, 0.1) is 0 Å². The SMILES string of the molecule is C1CC2CC3C4CCC3(C1)C2C4. The van der Waals surface area contributed by atoms with E-state index in [1.54, 1.807) is 44.9 Å². The predicted octanol–water partition coefficient (Wildman–Crippen LogP) is 3.22. The van der Waals surface area contributed by atoms with Crippen molar-refractivity contribution in [1.82, 2.24) is 0 Å². The molecule has 0 heterocycles. The maximum atomic E-state index is 1.65. The zero-order valence-electron chi connectivity index (χ0n) is 7.76. The van der Waals surface area contributed by atoms with Crippen LogP contribution < -0.4 is 0 Å². The first-order chi connectivity index (χ1) is 5.90. The normalized spacial score (nSPS) is 66.0. The molecule has 5 unspecified atom stereocenters. The molecule has 4 aliphatic rings. The second kappa shape index (κ2) is 1.76. The van der Waals surface area contributed by atoms with Crippen molar-refractivity contribution in [2.45, 2.75) is 44.9 Å². The Kier molecular flexibility index (Phi) is 0.946. The lowest BCUT2D eigenvalue weighted by Crippen LogP contribution is -2.30. The Bertz CT molecular complexity index is 228. The van der Waals surface area contributed by atoms with Crippen molar-refractivity contribution < 1.29 is 0 Å². The molecular weight excluding hydrogens is 144 g/mol. The summed E-state index contributed by atoms with van der Waals surface area (Å²) in [7, 11) is 0. The largest absolute Gasteiger partial charge is 0.0525 e. The molecule has 0 aromatic heterocycles. The molecule has 4 rings (SSSR count). The third-order valence-electron chi connectivity index (χ3n) is 5.93. The lowest BCUT2D eigenvalue weighted by Gasteiger charge is -2.39. The van der Waals surface area contributed by atoms with Gasteiger partial charge in [-0.25, -0.2) is 0 Å². The van der Waals surface area contributed by atoms with Crippen LogP contribution in [0.3, 0.4) is 0 Å². The molecule has 0 amide bonds. The number of hydrogen-bond acceptors (Lipinski definition) is 0. The highest BCUT2D eigenvalue weighted by molar-refractivity contribution is 5.15. The monoisotopic (exact) mass is 162 g/mol. The summed E-state index contributed by atoms with van der Waals surface area (Å²) in [5.41, 5.74) is 0.938. The van der Waals surface area contributed by atoms with Crippen LogP contribution in [0.25, 0.3) is 0 Å². The quantitative estimate of drug-likeness (QED) is 0.513. The van der Waals surface area contributed by atoms with E-state index in [1.165, 1.54) is 23.7 Å². The van der Waals surface area contributed by atoms with Gasteiger partial charge in [0.2, 0.25) is 0 Å². The van der Waals surface area contributed by atoms with Crippen molar-refractivity contribution in [3.8, 4) is 0 Å². The Labute approximate surface area is 74.7 Å². The minimum absolute atomic E-state index is 0.938. The molecule has 0 aromatic rings. The summed E-state index contributed by atoms with van der Waals surface area (Å²) in [6, 6.07) is 0. The molecule has 4 saturated carbocycles. The maximum absolute atomic E-state index is 1.65. The summed E-state index contributed by atoms with van der Waals surface area (Å²) in [5.74, 6) is 4.83. The van der Waals surface area contributed by atoms with Gasteiger partial charge in [-0.1, -0.05) is 12.8 Å². The fraction of sp³-hybridized carbons (Fsp3) is 1.00. The summed E-state index contributed by atoms with van der Waals surface area (Å²) >= 11 is 0. The van der Waals surface area contributed by atoms with Crippen LogP contribution in [0.4, 0.5) is 0 Å². The third-order valence-corrected chi connectivity index (χ3v) is 5.93. The molecule has 4 fully saturated rings. The Hall–Kier alpha value is 0. The fourth-order valence-corrected chi connectivity index (χ4v) is 5.70. The molecule has 66 valence electrons. The van der Waals surface area contributed by atoms with Crippen LogP contribution in [0.1, 0.15) is 44.9 Å². The molecule has 1 spiro atoms. The first-order valence-electron chi connectivity index (χ1n) is 5.90. The number of hydrogen-bond donors (Lipinski definition) is 0. The van der Waals surface area contributed by atoms with E-state index >= 15 is 0 Å². The zero-order valence-corrected chi connectivity index (χ0v) is 7.76. The van der Waals surface area contributed by atoms with Gasteiger partial charge in [-0.05, 0) is 61.2 Å². The van der Waals surface area contributed by atoms with Crippen molar-refractivity contribution in [3.63, 3.8) is 0 Å². The van der Waals surface area contributed by atoms with Crippen LogP contribution in [0.5, 0.6) is 0 Å². The van der Waals surface area contributed by atoms with Crippen LogP contribution in [-0.2, 0) is 0 Å². The van der Waals surface area contributed by atoms with E-state index in [0.717, 1.165) is 5.41 Å². The van der Waals surface area contributed by atoms with E-state index in [-0.39, 0.29) is 0 Å². The van der Waals surface area contributed by atoms with Crippen LogP contribution in [0.2, 0.25) is 0 Å². The van der Waals surface area contributed by atoms with Gasteiger partial charge in [0.1, 0.15) is 0 Å². The first kappa shape index (κ1) is 6.45. The molecule has 0 aromatic carbocycles.